The van der Waals surface area contributed by atoms with Crippen molar-refractivity contribution in [2.45, 2.75) is 0 Å². The topological polar surface area (TPSA) is 89.1 Å². The molecule has 2 aromatic carbocycles. The van der Waals surface area contributed by atoms with Gasteiger partial charge in [0.15, 0.2) is 12.4 Å². The smallest absolute Gasteiger partial charge is 0.264 e. The molecule has 2 N–H and O–H groups in total. The van der Waals surface area contributed by atoms with Crippen molar-refractivity contribution in [3.8, 4) is 22.9 Å². The van der Waals surface area contributed by atoms with Gasteiger partial charge in [0.25, 0.3) is 5.91 Å². The number of halogens is 1. The van der Waals surface area contributed by atoms with E-state index in [0.717, 1.165) is 15.8 Å². The van der Waals surface area contributed by atoms with Gasteiger partial charge in [-0.25, -0.2) is 0 Å². The van der Waals surface area contributed by atoms with Crippen LogP contribution in [-0.2, 0) is 4.79 Å². The molecule has 0 saturated heterocycles. The second kappa shape index (κ2) is 7.80. The van der Waals surface area contributed by atoms with E-state index in [4.69, 9.17) is 9.47 Å². The van der Waals surface area contributed by atoms with Crippen molar-refractivity contribution < 1.29 is 14.3 Å². The molecule has 1 amide bonds. The van der Waals surface area contributed by atoms with Crippen LogP contribution in [0.4, 0.5) is 5.95 Å². The third kappa shape index (κ3) is 4.57. The van der Waals surface area contributed by atoms with Crippen LogP contribution in [0.2, 0.25) is 0 Å². The highest BCUT2D eigenvalue weighted by Gasteiger charge is 2.10. The molecule has 3 aromatic rings. The van der Waals surface area contributed by atoms with Gasteiger partial charge in [0.05, 0.1) is 7.11 Å². The number of amides is 1. The molecule has 0 aliphatic heterocycles. The molecular formula is C17H15BrN4O3. The number of rotatable bonds is 6. The lowest BCUT2D eigenvalue weighted by Crippen LogP contribution is -2.20. The minimum Gasteiger partial charge on any atom is -0.497 e. The summed E-state index contributed by atoms with van der Waals surface area (Å²) in [6, 6.07) is 14.6. The quantitative estimate of drug-likeness (QED) is 0.660. The summed E-state index contributed by atoms with van der Waals surface area (Å²) in [7, 11) is 1.59. The number of nitrogens with zero attached hydrogens (tertiary/aromatic N) is 2. The van der Waals surface area contributed by atoms with Crippen molar-refractivity contribution in [1.82, 2.24) is 15.2 Å². The maximum absolute atomic E-state index is 11.9. The lowest BCUT2D eigenvalue weighted by Gasteiger charge is -2.06. The SMILES string of the molecule is COc1ccc(OCC(=O)Nc2n[nH]c(-c3cccc(Br)c3)n2)cc1. The van der Waals surface area contributed by atoms with Gasteiger partial charge >= 0.3 is 0 Å². The first-order valence-corrected chi connectivity index (χ1v) is 8.18. The summed E-state index contributed by atoms with van der Waals surface area (Å²) in [6.07, 6.45) is 0. The number of hydrogen-bond acceptors (Lipinski definition) is 5. The van der Waals surface area contributed by atoms with Crippen LogP contribution in [0.15, 0.2) is 53.0 Å². The number of benzene rings is 2. The molecule has 0 aliphatic rings. The summed E-state index contributed by atoms with van der Waals surface area (Å²) < 4.78 is 11.4. The number of ether oxygens (including phenoxy) is 2. The average Bonchev–Trinajstić information content (AvgIpc) is 3.09. The highest BCUT2D eigenvalue weighted by Crippen LogP contribution is 2.20. The Kier molecular flexibility index (Phi) is 5.30. The molecule has 1 heterocycles. The van der Waals surface area contributed by atoms with Gasteiger partial charge in [-0.3, -0.25) is 15.2 Å². The minimum atomic E-state index is -0.351. The van der Waals surface area contributed by atoms with E-state index in [1.54, 1.807) is 31.4 Å². The van der Waals surface area contributed by atoms with Crippen molar-refractivity contribution in [3.63, 3.8) is 0 Å². The Morgan fingerprint density at radius 3 is 2.68 bits per heavy atom. The summed E-state index contributed by atoms with van der Waals surface area (Å²) >= 11 is 3.40. The number of carbonyl (C=O) groups excluding carboxylic acids is 1. The Bertz CT molecular complexity index is 864. The molecule has 7 nitrogen and oxygen atoms in total. The molecule has 1 aromatic heterocycles. The van der Waals surface area contributed by atoms with Crippen LogP contribution in [0.25, 0.3) is 11.4 Å². The van der Waals surface area contributed by atoms with Crippen molar-refractivity contribution in [2.24, 2.45) is 0 Å². The zero-order valence-electron chi connectivity index (χ0n) is 13.3. The number of aromatic nitrogens is 3. The Hall–Kier alpha value is -2.87. The van der Waals surface area contributed by atoms with Gasteiger partial charge in [-0.2, -0.15) is 4.98 Å². The average molecular weight is 403 g/mol. The first-order chi connectivity index (χ1) is 12.1. The number of methoxy groups -OCH3 is 1. The van der Waals surface area contributed by atoms with Crippen LogP contribution in [0, 0.1) is 0 Å². The number of carbonyl (C=O) groups is 1. The Morgan fingerprint density at radius 1 is 1.20 bits per heavy atom. The molecule has 0 fully saturated rings. The van der Waals surface area contributed by atoms with Gasteiger partial charge in [0, 0.05) is 10.0 Å². The second-order valence-electron chi connectivity index (χ2n) is 5.03. The van der Waals surface area contributed by atoms with Crippen LogP contribution in [0.3, 0.4) is 0 Å². The largest absolute Gasteiger partial charge is 0.497 e. The maximum Gasteiger partial charge on any atom is 0.264 e. The van der Waals surface area contributed by atoms with E-state index in [1.165, 1.54) is 0 Å². The van der Waals surface area contributed by atoms with Gasteiger partial charge in [0.1, 0.15) is 11.5 Å². The lowest BCUT2D eigenvalue weighted by molar-refractivity contribution is -0.118. The summed E-state index contributed by atoms with van der Waals surface area (Å²) in [6.45, 7) is -0.146. The predicted molar refractivity (Wildman–Crippen MR) is 96.6 cm³/mol. The number of anilines is 1. The third-order valence-corrected chi connectivity index (χ3v) is 3.76. The molecule has 8 heteroatoms. The minimum absolute atomic E-state index is 0.146. The molecule has 0 atom stereocenters. The Balaban J connectivity index is 1.56. The summed E-state index contributed by atoms with van der Waals surface area (Å²) in [5.41, 5.74) is 0.858. The summed E-state index contributed by atoms with van der Waals surface area (Å²) in [5, 5.41) is 9.36. The molecule has 0 saturated carbocycles. The summed E-state index contributed by atoms with van der Waals surface area (Å²) in [5.74, 6) is 1.69. The first kappa shape index (κ1) is 17.0. The van der Waals surface area contributed by atoms with Gasteiger partial charge in [-0.05, 0) is 36.4 Å². The normalized spacial score (nSPS) is 10.3. The fourth-order valence-corrected chi connectivity index (χ4v) is 2.46. The molecule has 0 aliphatic carbocycles. The van der Waals surface area contributed by atoms with E-state index in [2.05, 4.69) is 36.4 Å². The van der Waals surface area contributed by atoms with Gasteiger partial charge in [-0.1, -0.05) is 28.1 Å². The van der Waals surface area contributed by atoms with E-state index in [0.29, 0.717) is 11.6 Å². The molecular weight excluding hydrogens is 388 g/mol. The van der Waals surface area contributed by atoms with Crippen LogP contribution in [0.5, 0.6) is 11.5 Å². The van der Waals surface area contributed by atoms with Crippen molar-refractivity contribution in [2.75, 3.05) is 19.0 Å². The summed E-state index contributed by atoms with van der Waals surface area (Å²) in [4.78, 5) is 16.2. The lowest BCUT2D eigenvalue weighted by atomic mass is 10.2. The number of aromatic amines is 1. The molecule has 0 radical (unpaired) electrons. The predicted octanol–water partition coefficient (Wildman–Crippen LogP) is 3.26. The second-order valence-corrected chi connectivity index (χ2v) is 5.95. The molecule has 0 spiro atoms. The standard InChI is InChI=1S/C17H15BrN4O3/c1-24-13-5-7-14(8-6-13)25-10-15(23)19-17-20-16(21-22-17)11-3-2-4-12(18)9-11/h2-9H,10H2,1H3,(H2,19,20,21,22,23). The van der Waals surface area contributed by atoms with Crippen LogP contribution < -0.4 is 14.8 Å². The molecule has 25 heavy (non-hydrogen) atoms. The number of hydrogen-bond donors (Lipinski definition) is 2. The first-order valence-electron chi connectivity index (χ1n) is 7.39. The van der Waals surface area contributed by atoms with Crippen LogP contribution in [0.1, 0.15) is 0 Å². The van der Waals surface area contributed by atoms with E-state index < -0.39 is 0 Å². The van der Waals surface area contributed by atoms with E-state index >= 15 is 0 Å². The highest BCUT2D eigenvalue weighted by atomic mass is 79.9. The van der Waals surface area contributed by atoms with E-state index in [-0.39, 0.29) is 18.5 Å². The zero-order chi connectivity index (χ0) is 17.6. The molecule has 3 rings (SSSR count). The zero-order valence-corrected chi connectivity index (χ0v) is 14.9. The van der Waals surface area contributed by atoms with E-state index in [9.17, 15) is 4.79 Å². The van der Waals surface area contributed by atoms with Crippen LogP contribution >= 0.6 is 15.9 Å². The highest BCUT2D eigenvalue weighted by molar-refractivity contribution is 9.10. The van der Waals surface area contributed by atoms with Crippen molar-refractivity contribution >= 4 is 27.8 Å². The molecule has 0 unspecified atom stereocenters. The Morgan fingerprint density at radius 2 is 1.96 bits per heavy atom. The molecule has 128 valence electrons. The van der Waals surface area contributed by atoms with Crippen molar-refractivity contribution in [1.29, 1.82) is 0 Å². The maximum atomic E-state index is 11.9. The van der Waals surface area contributed by atoms with Gasteiger partial charge in [0.2, 0.25) is 5.95 Å². The van der Waals surface area contributed by atoms with Crippen LogP contribution in [-0.4, -0.2) is 34.8 Å². The van der Waals surface area contributed by atoms with Gasteiger partial charge in [-0.15, -0.1) is 5.10 Å². The fraction of sp³-hybridized carbons (Fsp3) is 0.118. The van der Waals surface area contributed by atoms with Crippen molar-refractivity contribution in [3.05, 3.63) is 53.0 Å². The molecule has 0 bridgehead atoms. The monoisotopic (exact) mass is 402 g/mol. The van der Waals surface area contributed by atoms with E-state index in [1.807, 2.05) is 24.3 Å². The number of H-pyrrole nitrogens is 1. The number of nitrogens with one attached hydrogen (secondary N) is 2. The Labute approximate surface area is 152 Å². The third-order valence-electron chi connectivity index (χ3n) is 3.26. The van der Waals surface area contributed by atoms with Gasteiger partial charge < -0.3 is 9.47 Å². The fourth-order valence-electron chi connectivity index (χ4n) is 2.06.